The molecule has 0 aliphatic heterocycles. The Morgan fingerprint density at radius 1 is 0.800 bits per heavy atom. The van der Waals surface area contributed by atoms with Gasteiger partial charge < -0.3 is 10.5 Å². The summed E-state index contributed by atoms with van der Waals surface area (Å²) >= 11 is 0. The van der Waals surface area contributed by atoms with E-state index in [2.05, 4.69) is 14.8 Å². The molecule has 0 spiro atoms. The highest BCUT2D eigenvalue weighted by atomic mass is 31.2. The van der Waals surface area contributed by atoms with Crippen molar-refractivity contribution in [1.82, 2.24) is 10.1 Å². The fraction of sp³-hybridized carbons (Fsp3) is 0.115. The van der Waals surface area contributed by atoms with Gasteiger partial charge in [0.2, 0.25) is 7.29 Å². The van der Waals surface area contributed by atoms with Crippen molar-refractivity contribution in [3.8, 4) is 5.75 Å². The summed E-state index contributed by atoms with van der Waals surface area (Å²) in [5.41, 5.74) is 7.68. The summed E-state index contributed by atoms with van der Waals surface area (Å²) in [7, 11) is -3.43. The molecule has 3 N–H and O–H groups in total. The molecule has 0 fully saturated rings. The molecule has 0 aliphatic rings. The number of ether oxygens (including phenoxy) is 1. The first-order valence-corrected chi connectivity index (χ1v) is 12.5. The first kappa shape index (κ1) is 24.7. The van der Waals surface area contributed by atoms with Gasteiger partial charge in [0, 0.05) is 16.8 Å². The average molecular weight is 497 g/mol. The van der Waals surface area contributed by atoms with Crippen LogP contribution in [0, 0.1) is 0 Å². The van der Waals surface area contributed by atoms with E-state index in [9.17, 15) is 17.7 Å². The molecule has 35 heavy (non-hydrogen) atoms. The highest BCUT2D eigenvalue weighted by molar-refractivity contribution is 7.76. The van der Waals surface area contributed by atoms with Crippen LogP contribution in [0.1, 0.15) is 23.3 Å². The van der Waals surface area contributed by atoms with Crippen LogP contribution in [-0.2, 0) is 4.57 Å². The molecular weight excluding hydrogens is 474 g/mol. The van der Waals surface area contributed by atoms with Crippen LogP contribution in [0.5, 0.6) is 5.75 Å². The molecule has 2 atom stereocenters. The van der Waals surface area contributed by atoms with Gasteiger partial charge in [-0.2, -0.15) is 0 Å². The summed E-state index contributed by atoms with van der Waals surface area (Å²) in [6.07, 6.45) is -3.21. The van der Waals surface area contributed by atoms with Crippen LogP contribution in [0.2, 0.25) is 0 Å². The molecule has 0 radical (unpaired) electrons. The summed E-state index contributed by atoms with van der Waals surface area (Å²) in [5.74, 6) is -0.360. The molecule has 0 unspecified atom stereocenters. The van der Waals surface area contributed by atoms with Gasteiger partial charge in [-0.3, -0.25) is 14.6 Å². The second-order valence-electron chi connectivity index (χ2n) is 7.78. The Morgan fingerprint density at radius 3 is 1.83 bits per heavy atom. The van der Waals surface area contributed by atoms with E-state index < -0.39 is 25.7 Å². The van der Waals surface area contributed by atoms with Crippen molar-refractivity contribution >= 4 is 17.9 Å². The van der Waals surface area contributed by atoms with Crippen LogP contribution in [0.15, 0.2) is 109 Å². The summed E-state index contributed by atoms with van der Waals surface area (Å²) < 4.78 is 56.6. The lowest BCUT2D eigenvalue weighted by Crippen LogP contribution is -2.36. The Balaban J connectivity index is 1.79. The average Bonchev–Trinajstić information content (AvgIpc) is 2.88. The van der Waals surface area contributed by atoms with Gasteiger partial charge in [-0.15, -0.1) is 13.2 Å². The standard InChI is InChI=1S/C26H23F3N3O2P/c27-26(28,29)34-20-16-14-19(15-17-20)25(24(30)23-13-7-8-18-31-23)32-35(33,21-9-3-1-4-10-21)22-11-5-2-6-12-22/h1-18,24-25H,30H2,(H,32,33)/t24-,25+/m0/s1. The van der Waals surface area contributed by atoms with Gasteiger partial charge >= 0.3 is 6.36 Å². The molecule has 0 saturated heterocycles. The quantitative estimate of drug-likeness (QED) is 0.326. The van der Waals surface area contributed by atoms with Crippen LogP contribution in [0.3, 0.4) is 0 Å². The number of hydrogen-bond acceptors (Lipinski definition) is 4. The maximum atomic E-state index is 14.6. The lowest BCUT2D eigenvalue weighted by molar-refractivity contribution is -0.274. The first-order valence-electron chi connectivity index (χ1n) is 10.8. The lowest BCUT2D eigenvalue weighted by Gasteiger charge is -2.31. The number of nitrogens with zero attached hydrogens (tertiary/aromatic N) is 1. The number of aromatic nitrogens is 1. The van der Waals surface area contributed by atoms with Crippen molar-refractivity contribution in [2.24, 2.45) is 5.73 Å². The van der Waals surface area contributed by atoms with Crippen molar-refractivity contribution in [1.29, 1.82) is 0 Å². The SMILES string of the molecule is N[C@@H](c1ccccn1)[C@H](NP(=O)(c1ccccc1)c1ccccc1)c1ccc(OC(F)(F)F)cc1. The molecule has 1 heterocycles. The van der Waals surface area contributed by atoms with E-state index in [1.807, 2.05) is 12.1 Å². The fourth-order valence-electron chi connectivity index (χ4n) is 3.75. The third kappa shape index (κ3) is 5.98. The maximum absolute atomic E-state index is 14.6. The number of benzene rings is 3. The third-order valence-corrected chi connectivity index (χ3v) is 8.11. The zero-order chi connectivity index (χ0) is 24.9. The lowest BCUT2D eigenvalue weighted by atomic mass is 9.98. The summed E-state index contributed by atoms with van der Waals surface area (Å²) in [4.78, 5) is 4.34. The van der Waals surface area contributed by atoms with E-state index in [-0.39, 0.29) is 5.75 Å². The van der Waals surface area contributed by atoms with Crippen molar-refractivity contribution in [2.45, 2.75) is 18.4 Å². The van der Waals surface area contributed by atoms with Gasteiger partial charge in [-0.05, 0) is 54.1 Å². The molecule has 1 aromatic heterocycles. The van der Waals surface area contributed by atoms with Crippen LogP contribution < -0.4 is 26.2 Å². The summed E-state index contributed by atoms with van der Waals surface area (Å²) in [5, 5.41) is 4.41. The number of hydrogen-bond donors (Lipinski definition) is 2. The maximum Gasteiger partial charge on any atom is 0.573 e. The van der Waals surface area contributed by atoms with Gasteiger partial charge in [0.15, 0.2) is 0 Å². The second-order valence-corrected chi connectivity index (χ2v) is 10.3. The molecule has 9 heteroatoms. The molecule has 180 valence electrons. The largest absolute Gasteiger partial charge is 0.573 e. The van der Waals surface area contributed by atoms with E-state index in [0.717, 1.165) is 0 Å². The molecule has 5 nitrogen and oxygen atoms in total. The van der Waals surface area contributed by atoms with Gasteiger partial charge in [0.05, 0.1) is 17.8 Å². The Morgan fingerprint density at radius 2 is 1.34 bits per heavy atom. The second kappa shape index (κ2) is 10.4. The highest BCUT2D eigenvalue weighted by Gasteiger charge is 2.35. The van der Waals surface area contributed by atoms with Crippen molar-refractivity contribution in [3.05, 3.63) is 121 Å². The molecule has 3 aromatic carbocycles. The Labute approximate surface area is 201 Å². The monoisotopic (exact) mass is 497 g/mol. The predicted octanol–water partition coefficient (Wildman–Crippen LogP) is 5.24. The first-order chi connectivity index (χ1) is 16.8. The zero-order valence-corrected chi connectivity index (χ0v) is 19.4. The Kier molecular flexibility index (Phi) is 7.36. The smallest absolute Gasteiger partial charge is 0.406 e. The minimum Gasteiger partial charge on any atom is -0.406 e. The van der Waals surface area contributed by atoms with Gasteiger partial charge in [-0.1, -0.05) is 54.6 Å². The number of halogens is 3. The number of rotatable bonds is 8. The number of pyridine rings is 1. The number of alkyl halides is 3. The van der Waals surface area contributed by atoms with Crippen LogP contribution in [0.4, 0.5) is 13.2 Å². The third-order valence-electron chi connectivity index (χ3n) is 5.42. The summed E-state index contributed by atoms with van der Waals surface area (Å²) in [6.45, 7) is 0. The molecule has 0 aliphatic carbocycles. The van der Waals surface area contributed by atoms with Crippen molar-refractivity contribution < 1.29 is 22.5 Å². The zero-order valence-electron chi connectivity index (χ0n) is 18.5. The topological polar surface area (TPSA) is 77.2 Å². The van der Waals surface area contributed by atoms with Crippen LogP contribution in [0.25, 0.3) is 0 Å². The molecule has 0 bridgehead atoms. The molecular formula is C26H23F3N3O2P. The van der Waals surface area contributed by atoms with Gasteiger partial charge in [-0.25, -0.2) is 0 Å². The number of nitrogens with two attached hydrogens (primary N) is 1. The minimum atomic E-state index is -4.81. The molecule has 0 amide bonds. The van der Waals surface area contributed by atoms with E-state index in [0.29, 0.717) is 21.9 Å². The molecule has 4 aromatic rings. The normalized spacial score (nSPS) is 13.7. The predicted molar refractivity (Wildman–Crippen MR) is 130 cm³/mol. The Hall–Kier alpha value is -3.45. The number of nitrogens with one attached hydrogen (secondary N) is 1. The van der Waals surface area contributed by atoms with Crippen molar-refractivity contribution in [3.63, 3.8) is 0 Å². The van der Waals surface area contributed by atoms with Crippen LogP contribution in [-0.4, -0.2) is 11.3 Å². The molecule has 0 saturated carbocycles. The van der Waals surface area contributed by atoms with Crippen molar-refractivity contribution in [2.75, 3.05) is 0 Å². The Bertz CT molecular complexity index is 1230. The van der Waals surface area contributed by atoms with E-state index in [1.165, 1.54) is 24.3 Å². The molecule has 4 rings (SSSR count). The van der Waals surface area contributed by atoms with E-state index >= 15 is 0 Å². The minimum absolute atomic E-state index is 0.360. The van der Waals surface area contributed by atoms with Crippen LogP contribution >= 0.6 is 7.29 Å². The van der Waals surface area contributed by atoms with Gasteiger partial charge in [0.25, 0.3) is 0 Å². The van der Waals surface area contributed by atoms with Gasteiger partial charge in [0.1, 0.15) is 5.75 Å². The summed E-state index contributed by atoms with van der Waals surface area (Å²) in [6, 6.07) is 27.0. The van der Waals surface area contributed by atoms with E-state index in [4.69, 9.17) is 5.73 Å². The fourth-order valence-corrected chi connectivity index (χ4v) is 6.23. The van der Waals surface area contributed by atoms with E-state index in [1.54, 1.807) is 72.9 Å². The highest BCUT2D eigenvalue weighted by Crippen LogP contribution is 2.44.